The molecule has 1 aliphatic heterocycles. The highest BCUT2D eigenvalue weighted by molar-refractivity contribution is 5.79. The van der Waals surface area contributed by atoms with E-state index in [1.165, 1.54) is 0 Å². The van der Waals surface area contributed by atoms with Gasteiger partial charge >= 0.3 is 0 Å². The molecule has 0 radical (unpaired) electrons. The van der Waals surface area contributed by atoms with Gasteiger partial charge in [-0.15, -0.1) is 0 Å². The topological polar surface area (TPSA) is 91.0 Å². The third kappa shape index (κ3) is 3.93. The quantitative estimate of drug-likeness (QED) is 0.862. The highest BCUT2D eigenvalue weighted by atomic mass is 16.2. The molecule has 1 unspecified atom stereocenters. The fourth-order valence-electron chi connectivity index (χ4n) is 3.16. The van der Waals surface area contributed by atoms with Crippen molar-refractivity contribution in [2.45, 2.75) is 32.2 Å². The number of nitrogens with one attached hydrogen (secondary N) is 2. The highest BCUT2D eigenvalue weighted by Gasteiger charge is 2.24. The third-order valence-corrected chi connectivity index (χ3v) is 4.67. The number of hydrogen-bond acceptors (Lipinski definition) is 5. The molecule has 25 heavy (non-hydrogen) atoms. The molecule has 1 amide bonds. The fourth-order valence-corrected chi connectivity index (χ4v) is 3.16. The zero-order chi connectivity index (χ0) is 17.8. The summed E-state index contributed by atoms with van der Waals surface area (Å²) in [5.74, 6) is 0.449. The zero-order valence-electron chi connectivity index (χ0n) is 14.6. The number of amides is 1. The van der Waals surface area contributed by atoms with E-state index in [1.807, 2.05) is 18.0 Å². The lowest BCUT2D eigenvalue weighted by Crippen LogP contribution is -2.47. The molecule has 132 valence electrons. The first-order chi connectivity index (χ1) is 12.1. The molecule has 2 aromatic heterocycles. The normalized spacial score (nSPS) is 17.5. The van der Waals surface area contributed by atoms with E-state index in [2.05, 4.69) is 20.3 Å². The second-order valence-corrected chi connectivity index (χ2v) is 6.36. The van der Waals surface area contributed by atoms with Crippen LogP contribution in [0.2, 0.25) is 0 Å². The van der Waals surface area contributed by atoms with E-state index in [-0.39, 0.29) is 17.9 Å². The fraction of sp³-hybridized carbons (Fsp3) is 0.444. The van der Waals surface area contributed by atoms with Crippen LogP contribution in [0.25, 0.3) is 11.4 Å². The smallest absolute Gasteiger partial charge is 0.255 e. The van der Waals surface area contributed by atoms with Gasteiger partial charge in [-0.3, -0.25) is 14.6 Å². The summed E-state index contributed by atoms with van der Waals surface area (Å²) in [6.45, 7) is 3.20. The minimum Gasteiger partial charge on any atom is -0.341 e. The molecular weight excluding hydrogens is 318 g/mol. The Morgan fingerprint density at radius 2 is 2.32 bits per heavy atom. The van der Waals surface area contributed by atoms with Gasteiger partial charge in [0, 0.05) is 48.3 Å². The summed E-state index contributed by atoms with van der Waals surface area (Å²) < 4.78 is 0. The Labute approximate surface area is 146 Å². The summed E-state index contributed by atoms with van der Waals surface area (Å²) in [4.78, 5) is 38.2. The molecule has 7 nitrogen and oxygen atoms in total. The molecule has 3 heterocycles. The molecule has 0 aliphatic carbocycles. The largest absolute Gasteiger partial charge is 0.341 e. The van der Waals surface area contributed by atoms with Crippen LogP contribution in [0.3, 0.4) is 0 Å². The van der Waals surface area contributed by atoms with E-state index in [9.17, 15) is 9.59 Å². The van der Waals surface area contributed by atoms with Gasteiger partial charge in [-0.1, -0.05) is 0 Å². The molecule has 2 aromatic rings. The van der Waals surface area contributed by atoms with Crippen LogP contribution in [-0.2, 0) is 11.2 Å². The van der Waals surface area contributed by atoms with E-state index < -0.39 is 0 Å². The van der Waals surface area contributed by atoms with E-state index in [0.717, 1.165) is 24.9 Å². The van der Waals surface area contributed by atoms with E-state index >= 15 is 0 Å². The molecule has 7 heteroatoms. The number of hydrogen-bond donors (Lipinski definition) is 2. The summed E-state index contributed by atoms with van der Waals surface area (Å²) in [6.07, 6.45) is 5.44. The minimum absolute atomic E-state index is 0.0236. The molecule has 2 N–H and O–H groups in total. The Hall–Kier alpha value is -2.54. The van der Waals surface area contributed by atoms with Crippen molar-refractivity contribution in [2.24, 2.45) is 0 Å². The zero-order valence-corrected chi connectivity index (χ0v) is 14.6. The van der Waals surface area contributed by atoms with Crippen molar-refractivity contribution in [2.75, 3.05) is 20.1 Å². The van der Waals surface area contributed by atoms with Gasteiger partial charge < -0.3 is 15.2 Å². The predicted octanol–water partition coefficient (Wildman–Crippen LogP) is 0.893. The lowest BCUT2D eigenvalue weighted by Gasteiger charge is -2.32. The number of likely N-dealkylation sites (N-methyl/N-ethyl adjacent to an activating group) is 1. The summed E-state index contributed by atoms with van der Waals surface area (Å²) >= 11 is 0. The van der Waals surface area contributed by atoms with Crippen molar-refractivity contribution >= 4 is 5.91 Å². The number of piperidine rings is 1. The van der Waals surface area contributed by atoms with Crippen LogP contribution in [0.4, 0.5) is 0 Å². The van der Waals surface area contributed by atoms with Crippen LogP contribution in [-0.4, -0.2) is 51.9 Å². The first-order valence-corrected chi connectivity index (χ1v) is 8.53. The minimum atomic E-state index is -0.262. The Morgan fingerprint density at radius 3 is 3.00 bits per heavy atom. The molecule has 1 fully saturated rings. The van der Waals surface area contributed by atoms with E-state index in [1.54, 1.807) is 25.4 Å². The number of pyridine rings is 1. The van der Waals surface area contributed by atoms with Gasteiger partial charge in [0.15, 0.2) is 0 Å². The number of likely N-dealkylation sites (tertiary alicyclic amines) is 1. The first kappa shape index (κ1) is 17.3. The van der Waals surface area contributed by atoms with Gasteiger partial charge in [-0.25, -0.2) is 4.98 Å². The molecule has 1 aliphatic rings. The van der Waals surface area contributed by atoms with Crippen molar-refractivity contribution in [3.8, 4) is 11.4 Å². The predicted molar refractivity (Wildman–Crippen MR) is 95.2 cm³/mol. The number of nitrogens with zero attached hydrogens (tertiary/aromatic N) is 3. The van der Waals surface area contributed by atoms with Crippen LogP contribution in [0.5, 0.6) is 0 Å². The van der Waals surface area contributed by atoms with Gasteiger partial charge in [0.05, 0.1) is 6.42 Å². The van der Waals surface area contributed by atoms with Crippen LogP contribution in [0.15, 0.2) is 29.3 Å². The SMILES string of the molecule is CNC1CCCN(C(=O)Cc2c(C)nc(-c3cccnc3)[nH]c2=O)C1. The van der Waals surface area contributed by atoms with Crippen LogP contribution < -0.4 is 10.9 Å². The monoisotopic (exact) mass is 341 g/mol. The lowest BCUT2D eigenvalue weighted by atomic mass is 10.0. The average Bonchev–Trinajstić information content (AvgIpc) is 2.65. The Bertz CT molecular complexity index is 803. The maximum atomic E-state index is 12.6. The van der Waals surface area contributed by atoms with Gasteiger partial charge in [0.2, 0.25) is 5.91 Å². The maximum absolute atomic E-state index is 12.6. The van der Waals surface area contributed by atoms with Crippen LogP contribution in [0.1, 0.15) is 24.1 Å². The Morgan fingerprint density at radius 1 is 1.48 bits per heavy atom. The third-order valence-electron chi connectivity index (χ3n) is 4.67. The number of rotatable bonds is 4. The van der Waals surface area contributed by atoms with Crippen molar-refractivity contribution < 1.29 is 4.79 Å². The second-order valence-electron chi connectivity index (χ2n) is 6.36. The number of carbonyl (C=O) groups is 1. The Kier molecular flexibility index (Phi) is 5.23. The second kappa shape index (κ2) is 7.57. The molecule has 3 rings (SSSR count). The molecule has 0 saturated carbocycles. The van der Waals surface area contributed by atoms with Crippen molar-refractivity contribution in [1.29, 1.82) is 0 Å². The summed E-state index contributed by atoms with van der Waals surface area (Å²) in [7, 11) is 1.91. The first-order valence-electron chi connectivity index (χ1n) is 8.53. The lowest BCUT2D eigenvalue weighted by molar-refractivity contribution is -0.131. The number of aromatic nitrogens is 3. The average molecular weight is 341 g/mol. The number of aryl methyl sites for hydroxylation is 1. The maximum Gasteiger partial charge on any atom is 0.255 e. The van der Waals surface area contributed by atoms with E-state index in [0.29, 0.717) is 29.7 Å². The number of carbonyl (C=O) groups excluding carboxylic acids is 1. The molecule has 0 spiro atoms. The van der Waals surface area contributed by atoms with Gasteiger partial charge in [-0.05, 0) is 38.9 Å². The summed E-state index contributed by atoms with van der Waals surface area (Å²) in [6, 6.07) is 3.95. The van der Waals surface area contributed by atoms with Gasteiger partial charge in [-0.2, -0.15) is 0 Å². The molecule has 1 saturated heterocycles. The highest BCUT2D eigenvalue weighted by Crippen LogP contribution is 2.15. The van der Waals surface area contributed by atoms with Crippen LogP contribution >= 0.6 is 0 Å². The van der Waals surface area contributed by atoms with Gasteiger partial charge in [0.25, 0.3) is 5.56 Å². The standard InChI is InChI=1S/C18H23N5O2/c1-12-15(9-16(24)23-8-4-6-14(11-23)19-2)18(25)22-17(21-12)13-5-3-7-20-10-13/h3,5,7,10,14,19H,4,6,8-9,11H2,1-2H3,(H,21,22,25). The van der Waals surface area contributed by atoms with Crippen molar-refractivity contribution in [3.63, 3.8) is 0 Å². The van der Waals surface area contributed by atoms with Crippen molar-refractivity contribution in [1.82, 2.24) is 25.2 Å². The molecule has 0 aromatic carbocycles. The molecule has 0 bridgehead atoms. The number of H-pyrrole nitrogens is 1. The molecular formula is C18H23N5O2. The Balaban J connectivity index is 1.79. The summed E-state index contributed by atoms with van der Waals surface area (Å²) in [5.41, 5.74) is 1.50. The van der Waals surface area contributed by atoms with Crippen LogP contribution in [0, 0.1) is 6.92 Å². The number of aromatic amines is 1. The van der Waals surface area contributed by atoms with Gasteiger partial charge in [0.1, 0.15) is 5.82 Å². The van der Waals surface area contributed by atoms with Crippen molar-refractivity contribution in [3.05, 3.63) is 46.1 Å². The van der Waals surface area contributed by atoms with E-state index in [4.69, 9.17) is 0 Å². The molecule has 1 atom stereocenters. The summed E-state index contributed by atoms with van der Waals surface area (Å²) in [5, 5.41) is 3.22.